The van der Waals surface area contributed by atoms with Gasteiger partial charge in [-0.3, -0.25) is 14.5 Å². The summed E-state index contributed by atoms with van der Waals surface area (Å²) in [5.74, 6) is -2.76. The number of carbonyl (C=O) groups excluding carboxylic acids is 2. The van der Waals surface area contributed by atoms with E-state index in [0.29, 0.717) is 11.1 Å². The number of benzene rings is 1. The molecule has 0 radical (unpaired) electrons. The van der Waals surface area contributed by atoms with Crippen molar-refractivity contribution in [1.29, 1.82) is 0 Å². The fourth-order valence-electron chi connectivity index (χ4n) is 3.91. The molecule has 2 unspecified atom stereocenters. The van der Waals surface area contributed by atoms with E-state index in [4.69, 9.17) is 31.3 Å². The highest BCUT2D eigenvalue weighted by Crippen LogP contribution is 2.33. The fraction of sp³-hybridized carbons (Fsp3) is 0.273. The summed E-state index contributed by atoms with van der Waals surface area (Å²) in [6.45, 7) is 0.925. The number of anilines is 3. The lowest BCUT2D eigenvalue weighted by atomic mass is 9.95. The largest absolute Gasteiger partial charge is 0.480 e. The molecule has 1 aliphatic heterocycles. The van der Waals surface area contributed by atoms with Crippen LogP contribution in [0.15, 0.2) is 35.1 Å². The molecule has 4 heterocycles. The summed E-state index contributed by atoms with van der Waals surface area (Å²) in [7, 11) is 1.40. The molecule has 14 nitrogen and oxygen atoms in total. The van der Waals surface area contributed by atoms with Gasteiger partial charge in [0.1, 0.15) is 0 Å². The number of hydrogen-bond acceptors (Lipinski definition) is 11. The molecule has 0 aliphatic carbocycles. The van der Waals surface area contributed by atoms with Gasteiger partial charge in [0, 0.05) is 17.8 Å². The third-order valence-electron chi connectivity index (χ3n) is 5.87. The van der Waals surface area contributed by atoms with Crippen molar-refractivity contribution in [2.45, 2.75) is 18.6 Å². The first-order valence-electron chi connectivity index (χ1n) is 11.0. The van der Waals surface area contributed by atoms with Gasteiger partial charge in [-0.25, -0.2) is 9.07 Å². The van der Waals surface area contributed by atoms with Gasteiger partial charge in [0.05, 0.1) is 48.8 Å². The van der Waals surface area contributed by atoms with Crippen LogP contribution < -0.4 is 20.7 Å². The molecule has 16 heteroatoms. The zero-order chi connectivity index (χ0) is 27.2. The number of rotatable bonds is 6. The molecule has 1 fully saturated rings. The summed E-state index contributed by atoms with van der Waals surface area (Å²) < 4.78 is 31.6. The van der Waals surface area contributed by atoms with Crippen molar-refractivity contribution in [3.63, 3.8) is 0 Å². The first-order chi connectivity index (χ1) is 18.1. The second kappa shape index (κ2) is 9.51. The number of methoxy groups -OCH3 is 1. The molecule has 2 amide bonds. The molecule has 0 bridgehead atoms. The maximum Gasteiger partial charge on any atom is 0.261 e. The minimum absolute atomic E-state index is 0.0714. The van der Waals surface area contributed by atoms with Crippen molar-refractivity contribution in [3.8, 4) is 11.6 Å². The Hall–Kier alpha value is -4.34. The minimum atomic E-state index is -2.38. The quantitative estimate of drug-likeness (QED) is 0.317. The number of nitrogens with two attached hydrogens (primary N) is 1. The smallest absolute Gasteiger partial charge is 0.261 e. The monoisotopic (exact) mass is 546 g/mol. The lowest BCUT2D eigenvalue weighted by Crippen LogP contribution is -2.61. The standard InChI is InChI=1S/C22H20ClFN8O6/c1-22(35,21(34)27-10-5-12(23)16-14(6-10)38-30-18(16)25)17-20(33)31(3-4-37-17)19-13(24)9-32(29-19)11-7-15(36-2)28-26-8-11/h5-9,17,35H,3-4H2,1-2H3,(H2,25,30)(H,27,34). The number of carbonyl (C=O) groups is 2. The number of aromatic nitrogens is 5. The van der Waals surface area contributed by atoms with E-state index in [9.17, 15) is 19.1 Å². The summed E-state index contributed by atoms with van der Waals surface area (Å²) >= 11 is 6.21. The number of nitrogen functional groups attached to an aromatic ring is 1. The zero-order valence-electron chi connectivity index (χ0n) is 19.9. The highest BCUT2D eigenvalue weighted by molar-refractivity contribution is 6.36. The summed E-state index contributed by atoms with van der Waals surface area (Å²) in [5, 5.41) is 29.3. The summed E-state index contributed by atoms with van der Waals surface area (Å²) in [4.78, 5) is 27.3. The normalized spacial score (nSPS) is 17.4. The average Bonchev–Trinajstić information content (AvgIpc) is 3.46. The van der Waals surface area contributed by atoms with Crippen LogP contribution in [0.2, 0.25) is 5.02 Å². The van der Waals surface area contributed by atoms with Gasteiger partial charge in [-0.1, -0.05) is 16.8 Å². The molecule has 1 aliphatic rings. The molecule has 3 aromatic heterocycles. The molecule has 38 heavy (non-hydrogen) atoms. The Morgan fingerprint density at radius 1 is 1.39 bits per heavy atom. The van der Waals surface area contributed by atoms with Crippen molar-refractivity contribution in [1.82, 2.24) is 25.1 Å². The highest BCUT2D eigenvalue weighted by atomic mass is 35.5. The first kappa shape index (κ1) is 25.3. The number of morpholine rings is 1. The lowest BCUT2D eigenvalue weighted by molar-refractivity contribution is -0.165. The molecule has 1 aromatic carbocycles. The van der Waals surface area contributed by atoms with Crippen molar-refractivity contribution in [2.75, 3.05) is 36.2 Å². The Morgan fingerprint density at radius 3 is 2.95 bits per heavy atom. The summed E-state index contributed by atoms with van der Waals surface area (Å²) in [5.41, 5.74) is 4.01. The van der Waals surface area contributed by atoms with Gasteiger partial charge in [0.25, 0.3) is 11.8 Å². The van der Waals surface area contributed by atoms with Crippen LogP contribution in [-0.4, -0.2) is 74.0 Å². The lowest BCUT2D eigenvalue weighted by Gasteiger charge is -2.37. The molecule has 4 N–H and O–H groups in total. The molecule has 0 saturated carbocycles. The Balaban J connectivity index is 1.38. The zero-order valence-corrected chi connectivity index (χ0v) is 20.6. The predicted octanol–water partition coefficient (Wildman–Crippen LogP) is 1.31. The molecule has 1 saturated heterocycles. The Labute approximate surface area is 218 Å². The van der Waals surface area contributed by atoms with Gasteiger partial charge >= 0.3 is 0 Å². The Bertz CT molecular complexity index is 1560. The van der Waals surface area contributed by atoms with Crippen LogP contribution in [0.5, 0.6) is 5.88 Å². The van der Waals surface area contributed by atoms with E-state index in [0.717, 1.165) is 22.7 Å². The number of hydrogen-bond donors (Lipinski definition) is 3. The second-order valence-corrected chi connectivity index (χ2v) is 8.85. The van der Waals surface area contributed by atoms with Crippen LogP contribution in [0, 0.1) is 5.82 Å². The molecule has 2 atom stereocenters. The van der Waals surface area contributed by atoms with Gasteiger partial charge in [-0.15, -0.1) is 10.2 Å². The van der Waals surface area contributed by atoms with Crippen LogP contribution in [0.25, 0.3) is 16.7 Å². The third kappa shape index (κ3) is 4.36. The van der Waals surface area contributed by atoms with Gasteiger partial charge in [0.2, 0.25) is 5.88 Å². The van der Waals surface area contributed by atoms with Crippen molar-refractivity contribution in [2.24, 2.45) is 0 Å². The van der Waals surface area contributed by atoms with Crippen molar-refractivity contribution in [3.05, 3.63) is 41.4 Å². The SMILES string of the molecule is COc1cc(-n2cc(F)c(N3CCOC(C(C)(O)C(=O)Nc4cc(Cl)c5c(N)noc5c4)C3=O)n2)cnn1. The molecule has 198 valence electrons. The van der Waals surface area contributed by atoms with Gasteiger partial charge in [-0.2, -0.15) is 5.10 Å². The third-order valence-corrected chi connectivity index (χ3v) is 6.17. The second-order valence-electron chi connectivity index (χ2n) is 8.44. The number of fused-ring (bicyclic) bond motifs is 1. The van der Waals surface area contributed by atoms with Crippen LogP contribution >= 0.6 is 11.6 Å². The molecule has 5 rings (SSSR count). The molecular weight excluding hydrogens is 527 g/mol. The number of halogens is 2. The molecular formula is C22H20ClFN8O6. The van der Waals surface area contributed by atoms with E-state index in [1.165, 1.54) is 31.5 Å². The number of aliphatic hydroxyl groups is 1. The van der Waals surface area contributed by atoms with Crippen LogP contribution in [0.4, 0.5) is 21.7 Å². The Kier molecular flexibility index (Phi) is 6.34. The van der Waals surface area contributed by atoms with Crippen LogP contribution in [0.1, 0.15) is 6.92 Å². The van der Waals surface area contributed by atoms with Crippen LogP contribution in [0.3, 0.4) is 0 Å². The van der Waals surface area contributed by atoms with E-state index in [2.05, 4.69) is 25.8 Å². The number of nitrogens with zero attached hydrogens (tertiary/aromatic N) is 6. The number of amides is 2. The van der Waals surface area contributed by atoms with Crippen LogP contribution in [-0.2, 0) is 14.3 Å². The van der Waals surface area contributed by atoms with E-state index in [-0.39, 0.29) is 47.0 Å². The van der Waals surface area contributed by atoms with Crippen molar-refractivity contribution >= 4 is 51.7 Å². The minimum Gasteiger partial charge on any atom is -0.480 e. The molecule has 4 aromatic rings. The summed E-state index contributed by atoms with van der Waals surface area (Å²) in [6, 6.07) is 4.25. The number of ether oxygens (including phenoxy) is 2. The van der Waals surface area contributed by atoms with Gasteiger partial charge in [-0.05, 0) is 13.0 Å². The van der Waals surface area contributed by atoms with E-state index < -0.39 is 29.3 Å². The summed E-state index contributed by atoms with van der Waals surface area (Å²) in [6.07, 6.45) is 0.697. The Morgan fingerprint density at radius 2 is 2.18 bits per heavy atom. The maximum absolute atomic E-state index is 14.9. The number of nitrogens with one attached hydrogen (secondary N) is 1. The van der Waals surface area contributed by atoms with Gasteiger partial charge < -0.3 is 30.2 Å². The van der Waals surface area contributed by atoms with E-state index in [1.54, 1.807) is 0 Å². The topological polar surface area (TPSA) is 184 Å². The molecule has 0 spiro atoms. The maximum atomic E-state index is 14.9. The average molecular weight is 547 g/mol. The van der Waals surface area contributed by atoms with E-state index in [1.807, 2.05) is 0 Å². The predicted molar refractivity (Wildman–Crippen MR) is 130 cm³/mol. The fourth-order valence-corrected chi connectivity index (χ4v) is 4.22. The first-order valence-corrected chi connectivity index (χ1v) is 11.4. The van der Waals surface area contributed by atoms with Gasteiger partial charge in [0.15, 0.2) is 34.7 Å². The van der Waals surface area contributed by atoms with E-state index >= 15 is 0 Å². The van der Waals surface area contributed by atoms with Crippen molar-refractivity contribution < 1.29 is 33.1 Å². The highest BCUT2D eigenvalue weighted by Gasteiger charge is 2.49.